The summed E-state index contributed by atoms with van der Waals surface area (Å²) in [6, 6.07) is -1.91. The second-order valence-corrected chi connectivity index (χ2v) is 6.30. The fourth-order valence-electron chi connectivity index (χ4n) is 1.74. The number of nitrogens with one attached hydrogen (secondary N) is 1. The van der Waals surface area contributed by atoms with Crippen molar-refractivity contribution in [3.63, 3.8) is 0 Å². The zero-order valence-corrected chi connectivity index (χ0v) is 15.1. The molecule has 0 saturated heterocycles. The highest BCUT2D eigenvalue weighted by Crippen LogP contribution is 2.29. The highest BCUT2D eigenvalue weighted by Gasteiger charge is 2.33. The van der Waals surface area contributed by atoms with Gasteiger partial charge in [-0.05, 0) is 20.8 Å². The van der Waals surface area contributed by atoms with Gasteiger partial charge in [0.05, 0.1) is 13.5 Å². The number of benzene rings is 1. The van der Waals surface area contributed by atoms with Crippen molar-refractivity contribution in [2.24, 2.45) is 0 Å². The first-order chi connectivity index (χ1) is 12.8. The Bertz CT molecular complexity index is 764. The second-order valence-electron chi connectivity index (χ2n) is 6.30. The van der Waals surface area contributed by atoms with Gasteiger partial charge in [-0.1, -0.05) is 0 Å². The summed E-state index contributed by atoms with van der Waals surface area (Å²) in [7, 11) is 0.947. The van der Waals surface area contributed by atoms with E-state index in [0.717, 1.165) is 7.11 Å². The summed E-state index contributed by atoms with van der Waals surface area (Å²) in [5, 5.41) is 1.90. The summed E-state index contributed by atoms with van der Waals surface area (Å²) in [5.41, 5.74) is -1.01. The van der Waals surface area contributed by atoms with E-state index >= 15 is 0 Å². The molecule has 1 rings (SSSR count). The van der Waals surface area contributed by atoms with Crippen LogP contribution in [0, 0.1) is 29.1 Å². The van der Waals surface area contributed by atoms with Crippen molar-refractivity contribution >= 4 is 18.0 Å². The third-order valence-electron chi connectivity index (χ3n) is 2.95. The Morgan fingerprint density at radius 2 is 1.39 bits per heavy atom. The Morgan fingerprint density at radius 3 is 1.82 bits per heavy atom. The number of esters is 2. The number of carbonyl (C=O) groups is 3. The Morgan fingerprint density at radius 1 is 0.929 bits per heavy atom. The van der Waals surface area contributed by atoms with E-state index in [1.165, 1.54) is 20.8 Å². The minimum absolute atomic E-state index is 0.871. The number of amides is 1. The van der Waals surface area contributed by atoms with Gasteiger partial charge in [0.1, 0.15) is 11.6 Å². The summed E-state index contributed by atoms with van der Waals surface area (Å²) in [6.45, 7) is 4.44. The molecule has 0 aliphatic heterocycles. The molecule has 0 radical (unpaired) electrons. The standard InChI is InChI=1S/C16H16F5NO6/c1-16(2,3)28-15(25)22-6(5-7(23)26-4)14(24)27-13-11(20)9(18)8(17)10(19)12(13)21/h6H,5H2,1-4H3,(H,22,25)/t6-/m0/s1. The zero-order chi connectivity index (χ0) is 21.8. The molecule has 1 aromatic carbocycles. The molecule has 0 aliphatic rings. The van der Waals surface area contributed by atoms with Crippen LogP contribution in [0.2, 0.25) is 0 Å². The molecule has 0 aliphatic carbocycles. The molecule has 1 amide bonds. The van der Waals surface area contributed by atoms with Crippen molar-refractivity contribution in [2.45, 2.75) is 38.8 Å². The van der Waals surface area contributed by atoms with Crippen molar-refractivity contribution in [2.75, 3.05) is 7.11 Å². The first kappa shape index (κ1) is 23.1. The van der Waals surface area contributed by atoms with Gasteiger partial charge in [0.25, 0.3) is 0 Å². The second kappa shape index (κ2) is 8.85. The molecule has 0 saturated carbocycles. The van der Waals surface area contributed by atoms with Crippen LogP contribution in [0.3, 0.4) is 0 Å². The van der Waals surface area contributed by atoms with Crippen molar-refractivity contribution in [3.05, 3.63) is 29.1 Å². The molecule has 0 spiro atoms. The largest absolute Gasteiger partial charge is 0.469 e. The zero-order valence-electron chi connectivity index (χ0n) is 15.1. The number of methoxy groups -OCH3 is 1. The van der Waals surface area contributed by atoms with Crippen LogP contribution in [0.5, 0.6) is 5.75 Å². The normalized spacial score (nSPS) is 12.2. The molecule has 0 bridgehead atoms. The van der Waals surface area contributed by atoms with Crippen LogP contribution in [0.1, 0.15) is 27.2 Å². The van der Waals surface area contributed by atoms with Crippen LogP contribution in [-0.4, -0.2) is 36.8 Å². The van der Waals surface area contributed by atoms with Crippen LogP contribution in [-0.2, 0) is 19.1 Å². The number of hydrogen-bond acceptors (Lipinski definition) is 6. The van der Waals surface area contributed by atoms with Gasteiger partial charge in [0.15, 0.2) is 0 Å². The summed E-state index contributed by atoms with van der Waals surface area (Å²) in [4.78, 5) is 35.3. The number of hydrogen-bond donors (Lipinski definition) is 1. The lowest BCUT2D eigenvalue weighted by atomic mass is 10.2. The van der Waals surface area contributed by atoms with Crippen LogP contribution in [0.4, 0.5) is 26.7 Å². The SMILES string of the molecule is COC(=O)C[C@H](NC(=O)OC(C)(C)C)C(=O)Oc1c(F)c(F)c(F)c(F)c1F. The highest BCUT2D eigenvalue weighted by atomic mass is 19.2. The van der Waals surface area contributed by atoms with E-state index in [9.17, 15) is 36.3 Å². The van der Waals surface area contributed by atoms with E-state index in [-0.39, 0.29) is 0 Å². The lowest BCUT2D eigenvalue weighted by Gasteiger charge is -2.22. The maximum absolute atomic E-state index is 13.6. The van der Waals surface area contributed by atoms with E-state index in [1.807, 2.05) is 5.32 Å². The number of rotatable bonds is 5. The van der Waals surface area contributed by atoms with Gasteiger partial charge in [-0.15, -0.1) is 0 Å². The van der Waals surface area contributed by atoms with Crippen molar-refractivity contribution in [1.29, 1.82) is 0 Å². The van der Waals surface area contributed by atoms with Crippen molar-refractivity contribution < 1.29 is 50.5 Å². The minimum Gasteiger partial charge on any atom is -0.469 e. The molecule has 28 heavy (non-hydrogen) atoms. The first-order valence-electron chi connectivity index (χ1n) is 7.58. The van der Waals surface area contributed by atoms with E-state index in [1.54, 1.807) is 0 Å². The lowest BCUT2D eigenvalue weighted by Crippen LogP contribution is -2.46. The number of carbonyl (C=O) groups excluding carboxylic acids is 3. The van der Waals surface area contributed by atoms with Gasteiger partial charge in [0, 0.05) is 0 Å². The van der Waals surface area contributed by atoms with Crippen molar-refractivity contribution in [3.8, 4) is 5.75 Å². The Balaban J connectivity index is 3.14. The van der Waals surface area contributed by atoms with Gasteiger partial charge in [-0.2, -0.15) is 8.78 Å². The van der Waals surface area contributed by atoms with E-state index in [0.29, 0.717) is 0 Å². The fourth-order valence-corrected chi connectivity index (χ4v) is 1.74. The van der Waals surface area contributed by atoms with Gasteiger partial charge >= 0.3 is 18.0 Å². The van der Waals surface area contributed by atoms with Gasteiger partial charge < -0.3 is 19.5 Å². The molecule has 0 fully saturated rings. The highest BCUT2D eigenvalue weighted by molar-refractivity contribution is 5.87. The quantitative estimate of drug-likeness (QED) is 0.263. The van der Waals surface area contributed by atoms with E-state index < -0.39 is 70.9 Å². The lowest BCUT2D eigenvalue weighted by molar-refractivity contribution is -0.146. The predicted octanol–water partition coefficient (Wildman–Crippen LogP) is 2.74. The number of ether oxygens (including phenoxy) is 3. The Hall–Kier alpha value is -2.92. The Kier molecular flexibility index (Phi) is 7.30. The van der Waals surface area contributed by atoms with Gasteiger partial charge in [-0.25, -0.2) is 22.8 Å². The molecule has 1 atom stereocenters. The molecule has 1 aromatic rings. The van der Waals surface area contributed by atoms with E-state index in [4.69, 9.17) is 4.74 Å². The van der Waals surface area contributed by atoms with Crippen LogP contribution in [0.25, 0.3) is 0 Å². The van der Waals surface area contributed by atoms with Crippen LogP contribution < -0.4 is 10.1 Å². The fraction of sp³-hybridized carbons (Fsp3) is 0.438. The molecule has 1 N–H and O–H groups in total. The Labute approximate surface area is 155 Å². The molecule has 0 aromatic heterocycles. The summed E-state index contributed by atoms with van der Waals surface area (Å²) >= 11 is 0. The summed E-state index contributed by atoms with van der Waals surface area (Å²) in [5.74, 6) is -16.6. The molecule has 7 nitrogen and oxygen atoms in total. The maximum Gasteiger partial charge on any atom is 0.408 e. The summed E-state index contributed by atoms with van der Waals surface area (Å²) in [6.07, 6.45) is -2.08. The molecule has 156 valence electrons. The third kappa shape index (κ3) is 5.79. The molecule has 12 heteroatoms. The van der Waals surface area contributed by atoms with Gasteiger partial charge in [0.2, 0.25) is 34.8 Å². The van der Waals surface area contributed by atoms with E-state index in [2.05, 4.69) is 9.47 Å². The average Bonchev–Trinajstić information content (AvgIpc) is 2.59. The predicted molar refractivity (Wildman–Crippen MR) is 81.7 cm³/mol. The minimum atomic E-state index is -2.45. The van der Waals surface area contributed by atoms with Crippen molar-refractivity contribution in [1.82, 2.24) is 5.32 Å². The molecule has 0 heterocycles. The molecular formula is C16H16F5NO6. The number of alkyl carbamates (subject to hydrolysis) is 1. The molecular weight excluding hydrogens is 397 g/mol. The topological polar surface area (TPSA) is 90.9 Å². The third-order valence-corrected chi connectivity index (χ3v) is 2.95. The maximum atomic E-state index is 13.6. The average molecular weight is 413 g/mol. The number of halogens is 5. The summed E-state index contributed by atoms with van der Waals surface area (Å²) < 4.78 is 80.1. The molecule has 0 unspecified atom stereocenters. The van der Waals surface area contributed by atoms with Crippen LogP contribution in [0.15, 0.2) is 0 Å². The van der Waals surface area contributed by atoms with Crippen LogP contribution >= 0.6 is 0 Å². The first-order valence-corrected chi connectivity index (χ1v) is 7.58. The van der Waals surface area contributed by atoms with Gasteiger partial charge in [-0.3, -0.25) is 4.79 Å². The smallest absolute Gasteiger partial charge is 0.408 e. The monoisotopic (exact) mass is 413 g/mol.